The van der Waals surface area contributed by atoms with E-state index in [1.165, 1.54) is 12.1 Å². The fraction of sp³-hybridized carbons (Fsp3) is 0.562. The number of sulfonamides is 1. The molecule has 0 aromatic heterocycles. The van der Waals surface area contributed by atoms with Gasteiger partial charge in [0, 0.05) is 12.5 Å². The number of hydrogen-bond donors (Lipinski definition) is 2. The lowest BCUT2D eigenvalue weighted by molar-refractivity contribution is -0.139. The predicted octanol–water partition coefficient (Wildman–Crippen LogP) is 1.77. The molecule has 1 aromatic carbocycles. The summed E-state index contributed by atoms with van der Waals surface area (Å²) in [5, 5.41) is 9.06. The summed E-state index contributed by atoms with van der Waals surface area (Å²) in [7, 11) is -4.14. The van der Waals surface area contributed by atoms with Gasteiger partial charge in [-0.2, -0.15) is 4.72 Å². The van der Waals surface area contributed by atoms with Crippen molar-refractivity contribution in [2.45, 2.75) is 37.1 Å². The van der Waals surface area contributed by atoms with Gasteiger partial charge in [-0.1, -0.05) is 13.3 Å². The molecule has 2 atom stereocenters. The van der Waals surface area contributed by atoms with Gasteiger partial charge in [0.2, 0.25) is 10.0 Å². The molecule has 1 fully saturated rings. The largest absolute Gasteiger partial charge is 0.490 e. The van der Waals surface area contributed by atoms with Crippen LogP contribution in [0.5, 0.6) is 5.75 Å². The molecule has 1 aliphatic heterocycles. The lowest BCUT2D eigenvalue weighted by atomic mass is 10.1. The first-order chi connectivity index (χ1) is 11.8. The maximum Gasteiger partial charge on any atom is 0.321 e. The standard InChI is InChI=1S/C16H22FNO6S/c1-2-3-14(16(19)20)18-25(21,22)12-4-5-15(13(17)8-12)24-10-11-6-7-23-9-11/h4-5,8,11,14,18H,2-3,6-7,9-10H2,1H3,(H,19,20). The molecule has 2 N–H and O–H groups in total. The highest BCUT2D eigenvalue weighted by Gasteiger charge is 2.25. The number of benzene rings is 1. The highest BCUT2D eigenvalue weighted by Crippen LogP contribution is 2.23. The Bertz CT molecular complexity index is 703. The molecule has 0 aliphatic carbocycles. The van der Waals surface area contributed by atoms with Crippen LogP contribution < -0.4 is 9.46 Å². The van der Waals surface area contributed by atoms with Crippen LogP contribution in [0.2, 0.25) is 0 Å². The lowest BCUT2D eigenvalue weighted by Gasteiger charge is -2.15. The van der Waals surface area contributed by atoms with E-state index in [2.05, 4.69) is 4.72 Å². The molecule has 2 rings (SSSR count). The normalized spacial score (nSPS) is 18.9. The van der Waals surface area contributed by atoms with Gasteiger partial charge in [0.1, 0.15) is 6.04 Å². The molecule has 1 aliphatic rings. The van der Waals surface area contributed by atoms with Crippen LogP contribution in [0.1, 0.15) is 26.2 Å². The minimum Gasteiger partial charge on any atom is -0.490 e. The Kier molecular flexibility index (Phi) is 6.74. The third kappa shape index (κ3) is 5.38. The zero-order valence-electron chi connectivity index (χ0n) is 13.9. The third-order valence-corrected chi connectivity index (χ3v) is 5.35. The van der Waals surface area contributed by atoms with Crippen molar-refractivity contribution >= 4 is 16.0 Å². The molecule has 1 heterocycles. The molecular weight excluding hydrogens is 353 g/mol. The number of halogens is 1. The molecule has 1 saturated heterocycles. The Hall–Kier alpha value is -1.71. The summed E-state index contributed by atoms with van der Waals surface area (Å²) in [4.78, 5) is 10.8. The van der Waals surface area contributed by atoms with E-state index in [4.69, 9.17) is 14.6 Å². The van der Waals surface area contributed by atoms with Crippen LogP contribution in [0.15, 0.2) is 23.1 Å². The van der Waals surface area contributed by atoms with Gasteiger partial charge in [0.05, 0.1) is 18.1 Å². The summed E-state index contributed by atoms with van der Waals surface area (Å²) < 4.78 is 51.3. The zero-order valence-corrected chi connectivity index (χ0v) is 14.7. The molecule has 0 bridgehead atoms. The Morgan fingerprint density at radius 2 is 2.28 bits per heavy atom. The van der Waals surface area contributed by atoms with Crippen molar-refractivity contribution < 1.29 is 32.2 Å². The van der Waals surface area contributed by atoms with Crippen LogP contribution in [-0.4, -0.2) is 45.4 Å². The molecule has 7 nitrogen and oxygen atoms in total. The van der Waals surface area contributed by atoms with E-state index in [9.17, 15) is 17.6 Å². The summed E-state index contributed by atoms with van der Waals surface area (Å²) in [5.41, 5.74) is 0. The predicted molar refractivity (Wildman–Crippen MR) is 87.5 cm³/mol. The second-order valence-corrected chi connectivity index (χ2v) is 7.65. The Morgan fingerprint density at radius 3 is 2.84 bits per heavy atom. The number of hydrogen-bond acceptors (Lipinski definition) is 5. The van der Waals surface area contributed by atoms with Crippen molar-refractivity contribution in [2.24, 2.45) is 5.92 Å². The van der Waals surface area contributed by atoms with Gasteiger partial charge in [0.25, 0.3) is 0 Å². The molecule has 2 unspecified atom stereocenters. The zero-order chi connectivity index (χ0) is 18.4. The van der Waals surface area contributed by atoms with E-state index in [1.807, 2.05) is 0 Å². The minimum atomic E-state index is -4.14. The van der Waals surface area contributed by atoms with Gasteiger partial charge < -0.3 is 14.6 Å². The van der Waals surface area contributed by atoms with Crippen LogP contribution in [0.4, 0.5) is 4.39 Å². The fourth-order valence-corrected chi connectivity index (χ4v) is 3.70. The number of carboxylic acid groups (broad SMARTS) is 1. The Morgan fingerprint density at radius 1 is 1.52 bits per heavy atom. The van der Waals surface area contributed by atoms with Crippen molar-refractivity contribution in [1.29, 1.82) is 0 Å². The van der Waals surface area contributed by atoms with E-state index in [0.717, 1.165) is 12.5 Å². The molecular formula is C16H22FNO6S. The van der Waals surface area contributed by atoms with Gasteiger partial charge in [-0.15, -0.1) is 0 Å². The number of aliphatic carboxylic acids is 1. The molecule has 9 heteroatoms. The van der Waals surface area contributed by atoms with E-state index < -0.39 is 27.9 Å². The number of nitrogens with one attached hydrogen (secondary N) is 1. The average molecular weight is 375 g/mol. The quantitative estimate of drug-likeness (QED) is 0.682. The first kappa shape index (κ1) is 19.6. The van der Waals surface area contributed by atoms with Crippen LogP contribution in [0, 0.1) is 11.7 Å². The van der Waals surface area contributed by atoms with Crippen molar-refractivity contribution in [3.63, 3.8) is 0 Å². The number of ether oxygens (including phenoxy) is 2. The summed E-state index contributed by atoms with van der Waals surface area (Å²) in [5.74, 6) is -1.95. The molecule has 1 aromatic rings. The summed E-state index contributed by atoms with van der Waals surface area (Å²) in [6.45, 7) is 3.25. The lowest BCUT2D eigenvalue weighted by Crippen LogP contribution is -2.40. The van der Waals surface area contributed by atoms with Crippen LogP contribution >= 0.6 is 0 Å². The van der Waals surface area contributed by atoms with E-state index in [1.54, 1.807) is 6.92 Å². The first-order valence-corrected chi connectivity index (χ1v) is 9.57. The Labute approximate surface area is 146 Å². The molecule has 25 heavy (non-hydrogen) atoms. The highest BCUT2D eigenvalue weighted by atomic mass is 32.2. The first-order valence-electron chi connectivity index (χ1n) is 8.08. The fourth-order valence-electron chi connectivity index (χ4n) is 2.46. The summed E-state index contributed by atoms with van der Waals surface area (Å²) >= 11 is 0. The van der Waals surface area contributed by atoms with Crippen molar-refractivity contribution in [3.05, 3.63) is 24.0 Å². The smallest absolute Gasteiger partial charge is 0.321 e. The number of carboxylic acids is 1. The summed E-state index contributed by atoms with van der Waals surface area (Å²) in [6, 6.07) is 2.00. The van der Waals surface area contributed by atoms with Crippen molar-refractivity contribution in [1.82, 2.24) is 4.72 Å². The van der Waals surface area contributed by atoms with E-state index >= 15 is 0 Å². The van der Waals surface area contributed by atoms with Gasteiger partial charge in [-0.05, 0) is 31.0 Å². The van der Waals surface area contributed by atoms with Gasteiger partial charge >= 0.3 is 5.97 Å². The monoisotopic (exact) mass is 375 g/mol. The van der Waals surface area contributed by atoms with Crippen LogP contribution in [0.25, 0.3) is 0 Å². The molecule has 0 amide bonds. The maximum absolute atomic E-state index is 14.1. The van der Waals surface area contributed by atoms with Crippen molar-refractivity contribution in [3.8, 4) is 5.75 Å². The maximum atomic E-state index is 14.1. The second kappa shape index (κ2) is 8.59. The minimum absolute atomic E-state index is 0.0470. The van der Waals surface area contributed by atoms with Crippen LogP contribution in [-0.2, 0) is 19.6 Å². The number of carbonyl (C=O) groups is 1. The summed E-state index contributed by atoms with van der Waals surface area (Å²) in [6.07, 6.45) is 1.47. The molecule has 0 saturated carbocycles. The third-order valence-electron chi connectivity index (χ3n) is 3.89. The van der Waals surface area contributed by atoms with Gasteiger partial charge in [-0.25, -0.2) is 12.8 Å². The average Bonchev–Trinajstić information content (AvgIpc) is 3.06. The molecule has 0 radical (unpaired) electrons. The second-order valence-electron chi connectivity index (χ2n) is 5.93. The number of rotatable bonds is 9. The SMILES string of the molecule is CCCC(NS(=O)(=O)c1ccc(OCC2CCOC2)c(F)c1)C(=O)O. The highest BCUT2D eigenvalue weighted by molar-refractivity contribution is 7.89. The van der Waals surface area contributed by atoms with Crippen molar-refractivity contribution in [2.75, 3.05) is 19.8 Å². The van der Waals surface area contributed by atoms with Gasteiger partial charge in [-0.3, -0.25) is 4.79 Å². The van der Waals surface area contributed by atoms with Crippen LogP contribution in [0.3, 0.4) is 0 Å². The Balaban J connectivity index is 2.07. The van der Waals surface area contributed by atoms with E-state index in [0.29, 0.717) is 26.2 Å². The topological polar surface area (TPSA) is 102 Å². The van der Waals surface area contributed by atoms with E-state index in [-0.39, 0.29) is 23.0 Å². The molecule has 0 spiro atoms. The van der Waals surface area contributed by atoms with Gasteiger partial charge in [0.15, 0.2) is 11.6 Å². The molecule has 140 valence electrons.